The predicted octanol–water partition coefficient (Wildman–Crippen LogP) is 8.75. The lowest BCUT2D eigenvalue weighted by Crippen LogP contribution is -2.34. The van der Waals surface area contributed by atoms with Crippen molar-refractivity contribution in [2.24, 2.45) is 0 Å². The van der Waals surface area contributed by atoms with Gasteiger partial charge >= 0.3 is 0 Å². The summed E-state index contributed by atoms with van der Waals surface area (Å²) in [6, 6.07) is 35.1. The van der Waals surface area contributed by atoms with Crippen molar-refractivity contribution in [2.45, 2.75) is 19.4 Å². The van der Waals surface area contributed by atoms with Crippen LogP contribution in [-0.2, 0) is 6.54 Å². The molecule has 0 bridgehead atoms. The Kier molecular flexibility index (Phi) is 14.1. The molecule has 12 heteroatoms. The smallest absolute Gasteiger partial charge is 0.129 e. The maximum absolute atomic E-state index is 5.56. The minimum Gasteiger partial charge on any atom is -0.497 e. The van der Waals surface area contributed by atoms with Crippen molar-refractivity contribution in [3.8, 4) is 34.0 Å². The van der Waals surface area contributed by atoms with Gasteiger partial charge in [0, 0.05) is 98.1 Å². The van der Waals surface area contributed by atoms with Crippen molar-refractivity contribution < 1.29 is 9.47 Å². The van der Waals surface area contributed by atoms with E-state index in [1.165, 1.54) is 5.56 Å². The van der Waals surface area contributed by atoms with Gasteiger partial charge in [-0.3, -0.25) is 4.90 Å². The highest BCUT2D eigenvalue weighted by Gasteiger charge is 2.14. The van der Waals surface area contributed by atoms with Crippen LogP contribution in [0.2, 0.25) is 0 Å². The summed E-state index contributed by atoms with van der Waals surface area (Å²) in [6.45, 7) is 5.09. The molecule has 0 aliphatic rings. The normalized spacial score (nSPS) is 11.4. The minimum absolute atomic E-state index is 0.729. The summed E-state index contributed by atoms with van der Waals surface area (Å²) in [5, 5.41) is 9.47. The summed E-state index contributed by atoms with van der Waals surface area (Å²) in [5.41, 5.74) is 8.72. The van der Waals surface area contributed by atoms with Gasteiger partial charge in [-0.15, -0.1) is 0 Å². The third kappa shape index (κ3) is 11.0. The Labute approximate surface area is 360 Å². The number of ether oxygens (including phenoxy) is 2. The number of anilines is 4. The van der Waals surface area contributed by atoms with Gasteiger partial charge < -0.3 is 34.8 Å². The molecular weight excluding hydrogens is 761 g/mol. The first kappa shape index (κ1) is 42.6. The molecule has 7 aromatic rings. The van der Waals surface area contributed by atoms with Gasteiger partial charge in [0.1, 0.15) is 23.1 Å². The molecule has 0 fully saturated rings. The predicted molar refractivity (Wildman–Crippen MR) is 252 cm³/mol. The van der Waals surface area contributed by atoms with E-state index in [-0.39, 0.29) is 0 Å². The number of methoxy groups -OCH3 is 2. The van der Waals surface area contributed by atoms with Crippen LogP contribution in [0.1, 0.15) is 18.4 Å². The van der Waals surface area contributed by atoms with E-state index in [9.17, 15) is 0 Å². The highest BCUT2D eigenvalue weighted by Crippen LogP contribution is 2.33. The second kappa shape index (κ2) is 20.2. The van der Waals surface area contributed by atoms with Crippen molar-refractivity contribution in [2.75, 3.05) is 103 Å². The van der Waals surface area contributed by atoms with Crippen molar-refractivity contribution in [3.63, 3.8) is 0 Å². The fourth-order valence-electron chi connectivity index (χ4n) is 7.42. The number of fused-ring (bicyclic) bond motifs is 2. The molecular formula is C49H58N10O2. The fraction of sp³-hybridized carbons (Fsp3) is 0.306. The van der Waals surface area contributed by atoms with Gasteiger partial charge in [0.15, 0.2) is 0 Å². The largest absolute Gasteiger partial charge is 0.497 e. The second-order valence-corrected chi connectivity index (χ2v) is 15.8. The molecule has 0 aliphatic heterocycles. The van der Waals surface area contributed by atoms with Gasteiger partial charge in [-0.25, -0.2) is 19.9 Å². The zero-order valence-electron chi connectivity index (χ0n) is 36.5. The Morgan fingerprint density at radius 2 is 1.08 bits per heavy atom. The molecule has 0 aliphatic carbocycles. The Morgan fingerprint density at radius 1 is 0.557 bits per heavy atom. The van der Waals surface area contributed by atoms with Crippen LogP contribution in [0.25, 0.3) is 44.3 Å². The summed E-state index contributed by atoms with van der Waals surface area (Å²) in [7, 11) is 13.8. The average Bonchev–Trinajstić information content (AvgIpc) is 3.28. The first-order valence-corrected chi connectivity index (χ1v) is 20.8. The fourth-order valence-corrected chi connectivity index (χ4v) is 7.42. The molecule has 0 atom stereocenters. The number of aromatic nitrogens is 4. The zero-order chi connectivity index (χ0) is 42.7. The molecule has 0 spiro atoms. The van der Waals surface area contributed by atoms with Crippen LogP contribution in [0.4, 0.5) is 23.0 Å². The van der Waals surface area contributed by atoms with E-state index in [1.54, 1.807) is 14.2 Å². The number of rotatable bonds is 20. The van der Waals surface area contributed by atoms with E-state index in [0.717, 1.165) is 131 Å². The lowest BCUT2D eigenvalue weighted by atomic mass is 10.1. The SMILES string of the molecule is COc1ccc2c(NCCCN(C)C)cc(-c3ccc(N(C)CN(C)CCCNc4cc(-c5ccc(N(C)Cc6ccccc6)nc5)nc5cc(OC)ccc45)nc3)nc2c1. The van der Waals surface area contributed by atoms with E-state index in [2.05, 4.69) is 138 Å². The molecule has 0 unspecified atom stereocenters. The maximum Gasteiger partial charge on any atom is 0.129 e. The first-order chi connectivity index (χ1) is 29.7. The van der Waals surface area contributed by atoms with Crippen LogP contribution in [0.5, 0.6) is 11.5 Å². The molecule has 61 heavy (non-hydrogen) atoms. The zero-order valence-corrected chi connectivity index (χ0v) is 36.5. The van der Waals surface area contributed by atoms with Crippen molar-refractivity contribution >= 4 is 44.8 Å². The average molecular weight is 819 g/mol. The van der Waals surface area contributed by atoms with Gasteiger partial charge in [0.05, 0.1) is 43.3 Å². The third-order valence-electron chi connectivity index (χ3n) is 10.7. The number of nitrogens with one attached hydrogen (secondary N) is 2. The van der Waals surface area contributed by atoms with Gasteiger partial charge in [0.25, 0.3) is 0 Å². The second-order valence-electron chi connectivity index (χ2n) is 15.8. The van der Waals surface area contributed by atoms with E-state index < -0.39 is 0 Å². The molecule has 0 amide bonds. The number of pyridine rings is 4. The van der Waals surface area contributed by atoms with Gasteiger partial charge in [0.2, 0.25) is 0 Å². The summed E-state index contributed by atoms with van der Waals surface area (Å²) >= 11 is 0. The molecule has 0 saturated carbocycles. The van der Waals surface area contributed by atoms with Crippen LogP contribution in [-0.4, -0.2) is 112 Å². The lowest BCUT2D eigenvalue weighted by Gasteiger charge is -2.25. The number of nitrogens with zero attached hydrogens (tertiary/aromatic N) is 8. The molecule has 4 heterocycles. The first-order valence-electron chi connectivity index (χ1n) is 20.8. The summed E-state index contributed by atoms with van der Waals surface area (Å²) in [6.07, 6.45) is 5.80. The van der Waals surface area contributed by atoms with Crippen LogP contribution in [0.15, 0.2) is 116 Å². The maximum atomic E-state index is 5.56. The van der Waals surface area contributed by atoms with E-state index in [1.807, 2.05) is 42.7 Å². The summed E-state index contributed by atoms with van der Waals surface area (Å²) < 4.78 is 11.1. The van der Waals surface area contributed by atoms with Crippen LogP contribution >= 0.6 is 0 Å². The van der Waals surface area contributed by atoms with Gasteiger partial charge in [-0.1, -0.05) is 30.3 Å². The number of benzene rings is 3. The molecule has 2 N–H and O–H groups in total. The highest BCUT2D eigenvalue weighted by molar-refractivity contribution is 5.95. The topological polar surface area (TPSA) is 107 Å². The number of hydrogen-bond acceptors (Lipinski definition) is 12. The van der Waals surface area contributed by atoms with E-state index >= 15 is 0 Å². The Morgan fingerprint density at radius 3 is 1.57 bits per heavy atom. The van der Waals surface area contributed by atoms with Crippen molar-refractivity contribution in [1.29, 1.82) is 0 Å². The summed E-state index contributed by atoms with van der Waals surface area (Å²) in [5.74, 6) is 3.36. The molecule has 12 nitrogen and oxygen atoms in total. The van der Waals surface area contributed by atoms with Crippen molar-refractivity contribution in [3.05, 3.63) is 121 Å². The van der Waals surface area contributed by atoms with Crippen molar-refractivity contribution in [1.82, 2.24) is 29.7 Å². The Hall–Kier alpha value is -6.50. The third-order valence-corrected chi connectivity index (χ3v) is 10.7. The van der Waals surface area contributed by atoms with Crippen LogP contribution in [0.3, 0.4) is 0 Å². The summed E-state index contributed by atoms with van der Waals surface area (Å²) in [4.78, 5) is 28.5. The standard InChI is InChI=1S/C49H58N10O2/c1-56(2)25-11-23-50-44-29-43(55-46-27-38(60-6)17-19-40(44)46)37-16-22-49(53-32-37)59(5)34-57(3)26-12-24-51-45-30-42(54-47-28-39(61-7)18-20-41(45)47)36-15-21-48(52-31-36)58(4)33-35-13-9-8-10-14-35/h8-10,13-22,27-32H,11-12,23-26,33-34H2,1-7H3,(H,50,55)(H,51,54). The number of hydrogen-bond donors (Lipinski definition) is 2. The molecule has 316 valence electrons. The van der Waals surface area contributed by atoms with Crippen LogP contribution in [0, 0.1) is 0 Å². The Balaban J connectivity index is 0.966. The molecule has 7 rings (SSSR count). The molecule has 4 aromatic heterocycles. The lowest BCUT2D eigenvalue weighted by molar-refractivity contribution is 0.335. The quantitative estimate of drug-likeness (QED) is 0.0568. The van der Waals surface area contributed by atoms with Gasteiger partial charge in [-0.2, -0.15) is 0 Å². The Bertz CT molecular complexity index is 2500. The van der Waals surface area contributed by atoms with E-state index in [4.69, 9.17) is 29.4 Å². The molecule has 0 radical (unpaired) electrons. The van der Waals surface area contributed by atoms with E-state index in [0.29, 0.717) is 0 Å². The van der Waals surface area contributed by atoms with Gasteiger partial charge in [-0.05, 0) is 107 Å². The highest BCUT2D eigenvalue weighted by atomic mass is 16.5. The minimum atomic E-state index is 0.729. The monoisotopic (exact) mass is 818 g/mol. The molecule has 0 saturated heterocycles. The van der Waals surface area contributed by atoms with Crippen LogP contribution < -0.4 is 29.9 Å². The molecule has 3 aromatic carbocycles.